The number of ether oxygens (including phenoxy) is 3. The van der Waals surface area contributed by atoms with Crippen LogP contribution in [-0.2, 0) is 4.74 Å². The molecule has 0 spiro atoms. The molecule has 0 aliphatic rings. The van der Waals surface area contributed by atoms with E-state index in [0.717, 1.165) is 21.9 Å². The zero-order chi connectivity index (χ0) is 33.9. The van der Waals surface area contributed by atoms with Gasteiger partial charge < -0.3 is 28.2 Å². The molecule has 6 aromatic rings. The van der Waals surface area contributed by atoms with E-state index >= 15 is 0 Å². The quantitative estimate of drug-likeness (QED) is 0.133. The van der Waals surface area contributed by atoms with E-state index < -0.39 is 28.6 Å². The molecule has 0 atom stereocenters. The second kappa shape index (κ2) is 13.5. The summed E-state index contributed by atoms with van der Waals surface area (Å²) < 4.78 is 30.1. The maximum Gasteiger partial charge on any atom is 0.344 e. The zero-order valence-corrected chi connectivity index (χ0v) is 27.4. The molecule has 4 aromatic carbocycles. The van der Waals surface area contributed by atoms with Gasteiger partial charge in [0.1, 0.15) is 42.0 Å². The lowest BCUT2D eigenvalue weighted by Gasteiger charge is -2.35. The molecule has 0 saturated carbocycles. The molecule has 6 rings (SSSR count). The Morgan fingerprint density at radius 1 is 0.625 bits per heavy atom. The minimum Gasteiger partial charge on any atom is -0.491 e. The van der Waals surface area contributed by atoms with Gasteiger partial charge in [0.05, 0.1) is 22.3 Å². The molecule has 48 heavy (non-hydrogen) atoms. The lowest BCUT2D eigenvalue weighted by atomic mass is 9.92. The van der Waals surface area contributed by atoms with Crippen LogP contribution in [0.5, 0.6) is 11.5 Å². The average Bonchev–Trinajstić information content (AvgIpc) is 3.05. The number of hydrogen-bond donors (Lipinski definition) is 1. The van der Waals surface area contributed by atoms with Crippen molar-refractivity contribution in [2.75, 3.05) is 13.2 Å². The van der Waals surface area contributed by atoms with E-state index in [9.17, 15) is 14.7 Å². The summed E-state index contributed by atoms with van der Waals surface area (Å²) in [7, 11) is 0. The van der Waals surface area contributed by atoms with Gasteiger partial charge >= 0.3 is 11.3 Å². The SMILES string of the molecule is CC(C)(O)CC(C)(C)OC(COc1ccc2oc(=O)c(-c3ccccc3)cc2c1)COc1ccc2oc(=O)c(-c3ccccc3)cc2c1. The highest BCUT2D eigenvalue weighted by Gasteiger charge is 2.31. The summed E-state index contributed by atoms with van der Waals surface area (Å²) in [6, 6.07) is 32.9. The third-order valence-corrected chi connectivity index (χ3v) is 7.79. The molecular formula is C40H38O8. The molecule has 1 N–H and O–H groups in total. The molecular weight excluding hydrogens is 608 g/mol. The van der Waals surface area contributed by atoms with Gasteiger partial charge in [-0.3, -0.25) is 0 Å². The lowest BCUT2D eigenvalue weighted by molar-refractivity contribution is -0.128. The van der Waals surface area contributed by atoms with Crippen molar-refractivity contribution in [3.05, 3.63) is 130 Å². The first-order valence-corrected chi connectivity index (χ1v) is 15.8. The maximum atomic E-state index is 12.7. The van der Waals surface area contributed by atoms with Gasteiger partial charge in [-0.05, 0) is 87.4 Å². The van der Waals surface area contributed by atoms with Gasteiger partial charge in [-0.25, -0.2) is 9.59 Å². The Kier molecular flexibility index (Phi) is 9.22. The molecule has 246 valence electrons. The van der Waals surface area contributed by atoms with Crippen molar-refractivity contribution in [1.29, 1.82) is 0 Å². The first-order valence-electron chi connectivity index (χ1n) is 15.8. The predicted molar refractivity (Wildman–Crippen MR) is 187 cm³/mol. The summed E-state index contributed by atoms with van der Waals surface area (Å²) in [5.74, 6) is 1.14. The molecule has 0 amide bonds. The smallest absolute Gasteiger partial charge is 0.344 e. The summed E-state index contributed by atoms with van der Waals surface area (Å²) in [6.45, 7) is 7.62. The fourth-order valence-electron chi connectivity index (χ4n) is 6.05. The summed E-state index contributed by atoms with van der Waals surface area (Å²) in [4.78, 5) is 25.3. The maximum absolute atomic E-state index is 12.7. The van der Waals surface area contributed by atoms with Crippen molar-refractivity contribution in [2.45, 2.75) is 51.4 Å². The number of aliphatic hydroxyl groups is 1. The van der Waals surface area contributed by atoms with Crippen LogP contribution in [0.1, 0.15) is 34.1 Å². The largest absolute Gasteiger partial charge is 0.491 e. The van der Waals surface area contributed by atoms with Gasteiger partial charge in [-0.15, -0.1) is 0 Å². The van der Waals surface area contributed by atoms with Gasteiger partial charge in [0.25, 0.3) is 0 Å². The highest BCUT2D eigenvalue weighted by Crippen LogP contribution is 2.29. The number of fused-ring (bicyclic) bond motifs is 2. The third-order valence-electron chi connectivity index (χ3n) is 7.79. The van der Waals surface area contributed by atoms with E-state index in [1.807, 2.05) is 86.6 Å². The summed E-state index contributed by atoms with van der Waals surface area (Å²) in [6.07, 6.45) is -0.152. The molecule has 0 saturated heterocycles. The highest BCUT2D eigenvalue weighted by atomic mass is 16.6. The minimum absolute atomic E-state index is 0.143. The van der Waals surface area contributed by atoms with Gasteiger partial charge in [0.2, 0.25) is 0 Å². The van der Waals surface area contributed by atoms with Crippen LogP contribution in [0.4, 0.5) is 0 Å². The van der Waals surface area contributed by atoms with Crippen molar-refractivity contribution in [3.8, 4) is 33.8 Å². The van der Waals surface area contributed by atoms with Gasteiger partial charge in [0, 0.05) is 17.2 Å². The van der Waals surface area contributed by atoms with E-state index in [1.165, 1.54) is 0 Å². The van der Waals surface area contributed by atoms with Gasteiger partial charge in [-0.1, -0.05) is 60.7 Å². The van der Waals surface area contributed by atoms with Crippen molar-refractivity contribution < 1.29 is 28.2 Å². The predicted octanol–water partition coefficient (Wildman–Crippen LogP) is 8.02. The van der Waals surface area contributed by atoms with Gasteiger partial charge in [-0.2, -0.15) is 0 Å². The van der Waals surface area contributed by atoms with Crippen LogP contribution in [0.2, 0.25) is 0 Å². The summed E-state index contributed by atoms with van der Waals surface area (Å²) in [5.41, 5.74) is 0.912. The lowest BCUT2D eigenvalue weighted by Crippen LogP contribution is -2.42. The molecule has 2 aromatic heterocycles. The molecule has 2 heterocycles. The van der Waals surface area contributed by atoms with Gasteiger partial charge in [0.15, 0.2) is 0 Å². The summed E-state index contributed by atoms with van der Waals surface area (Å²) in [5, 5.41) is 12.0. The van der Waals surface area contributed by atoms with E-state index in [4.69, 9.17) is 23.0 Å². The normalized spacial score (nSPS) is 12.1. The zero-order valence-electron chi connectivity index (χ0n) is 27.4. The van der Waals surface area contributed by atoms with Crippen LogP contribution in [0.25, 0.3) is 44.2 Å². The van der Waals surface area contributed by atoms with E-state index in [1.54, 1.807) is 50.2 Å². The number of rotatable bonds is 12. The topological polar surface area (TPSA) is 108 Å². The summed E-state index contributed by atoms with van der Waals surface area (Å²) >= 11 is 0. The molecule has 0 aliphatic heterocycles. The minimum atomic E-state index is -0.951. The molecule has 8 heteroatoms. The molecule has 0 radical (unpaired) electrons. The van der Waals surface area contributed by atoms with Crippen LogP contribution >= 0.6 is 0 Å². The fraction of sp³-hybridized carbons (Fsp3) is 0.250. The Morgan fingerprint density at radius 3 is 1.48 bits per heavy atom. The van der Waals surface area contributed by atoms with Crippen LogP contribution < -0.4 is 20.7 Å². The molecule has 0 unspecified atom stereocenters. The van der Waals surface area contributed by atoms with Crippen LogP contribution in [0.3, 0.4) is 0 Å². The third kappa shape index (κ3) is 8.02. The Morgan fingerprint density at radius 2 is 1.06 bits per heavy atom. The van der Waals surface area contributed by atoms with Crippen LogP contribution in [0.15, 0.2) is 128 Å². The molecule has 0 fully saturated rings. The number of benzene rings is 4. The van der Waals surface area contributed by atoms with Crippen molar-refractivity contribution in [1.82, 2.24) is 0 Å². The molecule has 0 aliphatic carbocycles. The Balaban J connectivity index is 1.22. The fourth-order valence-corrected chi connectivity index (χ4v) is 6.05. The van der Waals surface area contributed by atoms with Crippen molar-refractivity contribution >= 4 is 21.9 Å². The highest BCUT2D eigenvalue weighted by molar-refractivity contribution is 5.84. The molecule has 8 nitrogen and oxygen atoms in total. The van der Waals surface area contributed by atoms with E-state index in [0.29, 0.717) is 40.2 Å². The molecule has 0 bridgehead atoms. The first kappa shape index (κ1) is 32.7. The van der Waals surface area contributed by atoms with Crippen LogP contribution in [0, 0.1) is 0 Å². The first-order chi connectivity index (χ1) is 22.9. The standard InChI is InChI=1S/C40H38O8/c1-39(2,43)25-40(3,4)48-32(23-44-30-15-17-35-28(19-30)21-33(37(41)46-35)26-11-7-5-8-12-26)24-45-31-16-18-36-29(20-31)22-34(38(42)47-36)27-13-9-6-10-14-27/h5-22,32,43H,23-25H2,1-4H3. The van der Waals surface area contributed by atoms with Crippen molar-refractivity contribution in [3.63, 3.8) is 0 Å². The Labute approximate surface area is 278 Å². The second-order valence-electron chi connectivity index (χ2n) is 13.1. The number of hydrogen-bond acceptors (Lipinski definition) is 8. The average molecular weight is 647 g/mol. The van der Waals surface area contributed by atoms with E-state index in [2.05, 4.69) is 0 Å². The van der Waals surface area contributed by atoms with Crippen LogP contribution in [-0.4, -0.2) is 35.6 Å². The monoisotopic (exact) mass is 646 g/mol. The Hall–Kier alpha value is -5.18. The van der Waals surface area contributed by atoms with E-state index in [-0.39, 0.29) is 13.2 Å². The second-order valence-corrected chi connectivity index (χ2v) is 13.1. The Bertz CT molecular complexity index is 2000. The van der Waals surface area contributed by atoms with Crippen molar-refractivity contribution in [2.24, 2.45) is 0 Å².